The standard InChI is InChI=1S/C14H16O4/c1-2-3-4-5-10-8-12(17)14-11(16)6-9(15)7-13(14)18-10/h6-8,15-16H,2-5H2,1H3. The van der Waals surface area contributed by atoms with Crippen LogP contribution >= 0.6 is 0 Å². The zero-order valence-corrected chi connectivity index (χ0v) is 10.3. The number of hydrogen-bond donors (Lipinski definition) is 2. The Morgan fingerprint density at radius 2 is 1.94 bits per heavy atom. The van der Waals surface area contributed by atoms with Crippen molar-refractivity contribution >= 4 is 11.0 Å². The predicted molar refractivity (Wildman–Crippen MR) is 69.0 cm³/mol. The number of hydrogen-bond acceptors (Lipinski definition) is 4. The maximum absolute atomic E-state index is 11.9. The van der Waals surface area contributed by atoms with Crippen LogP contribution in [0.5, 0.6) is 11.5 Å². The molecule has 0 amide bonds. The van der Waals surface area contributed by atoms with Crippen LogP contribution in [0.4, 0.5) is 0 Å². The lowest BCUT2D eigenvalue weighted by molar-refractivity contribution is 0.449. The molecule has 0 aliphatic rings. The quantitative estimate of drug-likeness (QED) is 0.816. The van der Waals surface area contributed by atoms with Gasteiger partial charge in [-0.05, 0) is 6.42 Å². The molecule has 0 fully saturated rings. The van der Waals surface area contributed by atoms with Crippen LogP contribution in [-0.2, 0) is 6.42 Å². The van der Waals surface area contributed by atoms with Gasteiger partial charge in [0, 0.05) is 24.6 Å². The summed E-state index contributed by atoms with van der Waals surface area (Å²) >= 11 is 0. The summed E-state index contributed by atoms with van der Waals surface area (Å²) in [6, 6.07) is 3.89. The number of aromatic hydroxyl groups is 2. The fourth-order valence-corrected chi connectivity index (χ4v) is 1.98. The van der Waals surface area contributed by atoms with Crippen molar-refractivity contribution in [2.24, 2.45) is 0 Å². The largest absolute Gasteiger partial charge is 0.508 e. The van der Waals surface area contributed by atoms with Gasteiger partial charge in [0.15, 0.2) is 5.43 Å². The predicted octanol–water partition coefficient (Wildman–Crippen LogP) is 2.94. The van der Waals surface area contributed by atoms with E-state index in [0.29, 0.717) is 12.2 Å². The second kappa shape index (κ2) is 5.12. The minimum Gasteiger partial charge on any atom is -0.508 e. The van der Waals surface area contributed by atoms with Gasteiger partial charge in [0.25, 0.3) is 0 Å². The van der Waals surface area contributed by atoms with Crippen molar-refractivity contribution in [2.45, 2.75) is 32.6 Å². The number of unbranched alkanes of at least 4 members (excludes halogenated alkanes) is 2. The number of fused-ring (bicyclic) bond motifs is 1. The van der Waals surface area contributed by atoms with Gasteiger partial charge in [0.1, 0.15) is 28.2 Å². The maximum Gasteiger partial charge on any atom is 0.196 e. The lowest BCUT2D eigenvalue weighted by atomic mass is 10.1. The van der Waals surface area contributed by atoms with Crippen LogP contribution in [0, 0.1) is 0 Å². The second-order valence-electron chi connectivity index (χ2n) is 4.37. The van der Waals surface area contributed by atoms with Crippen molar-refractivity contribution in [2.75, 3.05) is 0 Å². The Morgan fingerprint density at radius 1 is 1.17 bits per heavy atom. The molecule has 0 bridgehead atoms. The number of benzene rings is 1. The van der Waals surface area contributed by atoms with E-state index in [0.717, 1.165) is 25.3 Å². The van der Waals surface area contributed by atoms with Gasteiger partial charge in [-0.15, -0.1) is 0 Å². The van der Waals surface area contributed by atoms with E-state index in [1.165, 1.54) is 12.1 Å². The summed E-state index contributed by atoms with van der Waals surface area (Å²) in [5, 5.41) is 19.1. The first kappa shape index (κ1) is 12.5. The lowest BCUT2D eigenvalue weighted by Crippen LogP contribution is -2.02. The van der Waals surface area contributed by atoms with Crippen LogP contribution in [-0.4, -0.2) is 10.2 Å². The first-order valence-corrected chi connectivity index (χ1v) is 6.10. The van der Waals surface area contributed by atoms with Gasteiger partial charge in [-0.2, -0.15) is 0 Å². The van der Waals surface area contributed by atoms with Crippen LogP contribution in [0.1, 0.15) is 31.9 Å². The Hall–Kier alpha value is -1.97. The molecule has 2 rings (SSSR count). The topological polar surface area (TPSA) is 70.7 Å². The molecule has 0 saturated carbocycles. The molecule has 4 nitrogen and oxygen atoms in total. The third kappa shape index (κ3) is 2.47. The van der Waals surface area contributed by atoms with Crippen molar-refractivity contribution in [3.05, 3.63) is 34.2 Å². The van der Waals surface area contributed by atoms with Gasteiger partial charge < -0.3 is 14.6 Å². The minimum atomic E-state index is -0.278. The molecule has 0 atom stereocenters. The summed E-state index contributed by atoms with van der Waals surface area (Å²) in [5.74, 6) is 0.221. The van der Waals surface area contributed by atoms with Crippen molar-refractivity contribution in [3.63, 3.8) is 0 Å². The van der Waals surface area contributed by atoms with E-state index >= 15 is 0 Å². The Labute approximate surface area is 104 Å². The van der Waals surface area contributed by atoms with E-state index in [2.05, 4.69) is 6.92 Å². The number of phenols is 2. The molecule has 96 valence electrons. The molecule has 1 aromatic carbocycles. The Bertz CT molecular complexity index is 613. The van der Waals surface area contributed by atoms with Gasteiger partial charge in [-0.3, -0.25) is 4.79 Å². The SMILES string of the molecule is CCCCCc1cc(=O)c2c(O)cc(O)cc2o1. The molecular formula is C14H16O4. The maximum atomic E-state index is 11.9. The van der Waals surface area contributed by atoms with Crippen LogP contribution < -0.4 is 5.43 Å². The van der Waals surface area contributed by atoms with Gasteiger partial charge in [-0.25, -0.2) is 0 Å². The highest BCUT2D eigenvalue weighted by molar-refractivity contribution is 5.84. The summed E-state index contributed by atoms with van der Waals surface area (Å²) in [7, 11) is 0. The third-order valence-electron chi connectivity index (χ3n) is 2.87. The molecule has 18 heavy (non-hydrogen) atoms. The van der Waals surface area contributed by atoms with E-state index in [4.69, 9.17) is 4.42 Å². The molecule has 1 heterocycles. The molecule has 0 spiro atoms. The molecule has 1 aromatic heterocycles. The monoisotopic (exact) mass is 248 g/mol. The van der Waals surface area contributed by atoms with Crippen LogP contribution in [0.15, 0.2) is 27.4 Å². The fourth-order valence-electron chi connectivity index (χ4n) is 1.98. The first-order chi connectivity index (χ1) is 8.61. The number of aryl methyl sites for hydroxylation is 1. The molecule has 4 heteroatoms. The summed E-state index contributed by atoms with van der Waals surface area (Å²) in [4.78, 5) is 11.9. The fraction of sp³-hybridized carbons (Fsp3) is 0.357. The molecule has 2 aromatic rings. The van der Waals surface area contributed by atoms with Crippen molar-refractivity contribution in [1.82, 2.24) is 0 Å². The average molecular weight is 248 g/mol. The van der Waals surface area contributed by atoms with Crippen LogP contribution in [0.3, 0.4) is 0 Å². The minimum absolute atomic E-state index is 0.117. The average Bonchev–Trinajstić information content (AvgIpc) is 2.27. The molecule has 0 aliphatic heterocycles. The summed E-state index contributed by atoms with van der Waals surface area (Å²) in [6.07, 6.45) is 3.82. The second-order valence-corrected chi connectivity index (χ2v) is 4.37. The zero-order chi connectivity index (χ0) is 13.1. The third-order valence-corrected chi connectivity index (χ3v) is 2.87. The number of phenolic OH excluding ortho intramolecular Hbond substituents is 2. The van der Waals surface area contributed by atoms with Gasteiger partial charge in [-0.1, -0.05) is 19.8 Å². The molecular weight excluding hydrogens is 232 g/mol. The summed E-state index contributed by atoms with van der Waals surface area (Å²) in [5.41, 5.74) is -0.0493. The Kier molecular flexibility index (Phi) is 3.55. The first-order valence-electron chi connectivity index (χ1n) is 6.10. The smallest absolute Gasteiger partial charge is 0.196 e. The summed E-state index contributed by atoms with van der Waals surface area (Å²) < 4.78 is 5.53. The normalized spacial score (nSPS) is 10.9. The van der Waals surface area contributed by atoms with E-state index in [-0.39, 0.29) is 27.9 Å². The Morgan fingerprint density at radius 3 is 2.67 bits per heavy atom. The highest BCUT2D eigenvalue weighted by atomic mass is 16.3. The highest BCUT2D eigenvalue weighted by Crippen LogP contribution is 2.27. The van der Waals surface area contributed by atoms with Crippen LogP contribution in [0.2, 0.25) is 0 Å². The van der Waals surface area contributed by atoms with Crippen molar-refractivity contribution in [1.29, 1.82) is 0 Å². The van der Waals surface area contributed by atoms with E-state index in [1.54, 1.807) is 0 Å². The van der Waals surface area contributed by atoms with E-state index in [1.807, 2.05) is 0 Å². The number of rotatable bonds is 4. The molecule has 0 radical (unpaired) electrons. The highest BCUT2D eigenvalue weighted by Gasteiger charge is 2.10. The molecule has 0 saturated heterocycles. The van der Waals surface area contributed by atoms with Gasteiger partial charge >= 0.3 is 0 Å². The van der Waals surface area contributed by atoms with E-state index < -0.39 is 0 Å². The van der Waals surface area contributed by atoms with Crippen molar-refractivity contribution < 1.29 is 14.6 Å². The van der Waals surface area contributed by atoms with Gasteiger partial charge in [0.05, 0.1) is 0 Å². The Balaban J connectivity index is 2.45. The van der Waals surface area contributed by atoms with Crippen LogP contribution in [0.25, 0.3) is 11.0 Å². The molecule has 0 aliphatic carbocycles. The molecule has 2 N–H and O–H groups in total. The lowest BCUT2D eigenvalue weighted by Gasteiger charge is -2.04. The van der Waals surface area contributed by atoms with E-state index in [9.17, 15) is 15.0 Å². The van der Waals surface area contributed by atoms with Crippen molar-refractivity contribution in [3.8, 4) is 11.5 Å². The molecule has 0 unspecified atom stereocenters. The summed E-state index contributed by atoms with van der Waals surface area (Å²) in [6.45, 7) is 2.10. The zero-order valence-electron chi connectivity index (χ0n) is 10.3. The van der Waals surface area contributed by atoms with Gasteiger partial charge in [0.2, 0.25) is 0 Å².